The number of nitrogens with one attached hydrogen (secondary N) is 1. The zero-order valence-corrected chi connectivity index (χ0v) is 19.8. The SMILES string of the molecule is CC(C)Nc1cc(-c2ccc3cc(C#N)cnn23)ncc1-c1nnc(N2CC[C@H](O)C(F)(F)C2)s1. The number of halogens is 2. The number of aliphatic hydroxyl groups excluding tert-OH is 1. The normalized spacial score (nSPS) is 17.6. The van der Waals surface area contributed by atoms with Crippen LogP contribution < -0.4 is 10.2 Å². The second-order valence-electron chi connectivity index (χ2n) is 8.70. The quantitative estimate of drug-likeness (QED) is 0.429. The molecule has 0 aliphatic carbocycles. The first-order chi connectivity index (χ1) is 16.7. The summed E-state index contributed by atoms with van der Waals surface area (Å²) in [5, 5.41) is 35.8. The highest BCUT2D eigenvalue weighted by atomic mass is 32.1. The van der Waals surface area contributed by atoms with Crippen LogP contribution in [0.15, 0.2) is 36.7 Å². The molecule has 12 heteroatoms. The molecule has 0 spiro atoms. The standard InChI is InChI=1S/C23H22F2N8OS/c1-13(2)29-17-8-18(19-4-3-15-7-14(9-26)10-28-33(15)19)27-11-16(17)21-30-31-22(35-21)32-6-5-20(34)23(24,25)12-32/h3-4,7-8,10-11,13,20,34H,5-6,12H2,1-2H3,(H,27,29)/t20-/m0/s1. The second-order valence-corrected chi connectivity index (χ2v) is 9.66. The topological polar surface area (TPSA) is 115 Å². The van der Waals surface area contributed by atoms with E-state index in [0.29, 0.717) is 27.0 Å². The van der Waals surface area contributed by atoms with Crippen LogP contribution in [0.5, 0.6) is 0 Å². The molecular weight excluding hydrogens is 474 g/mol. The molecule has 1 aliphatic heterocycles. The number of anilines is 2. The highest BCUT2D eigenvalue weighted by Gasteiger charge is 2.44. The van der Waals surface area contributed by atoms with E-state index in [1.54, 1.807) is 16.8 Å². The number of aliphatic hydroxyl groups is 1. The molecule has 2 N–H and O–H groups in total. The molecule has 0 saturated carbocycles. The minimum absolute atomic E-state index is 0.0342. The Morgan fingerprint density at radius 1 is 1.26 bits per heavy atom. The van der Waals surface area contributed by atoms with Gasteiger partial charge in [0.25, 0.3) is 5.92 Å². The minimum atomic E-state index is -3.19. The number of nitriles is 1. The van der Waals surface area contributed by atoms with Crippen molar-refractivity contribution in [3.05, 3.63) is 42.2 Å². The molecule has 180 valence electrons. The molecule has 5 heterocycles. The zero-order chi connectivity index (χ0) is 24.7. The first-order valence-electron chi connectivity index (χ1n) is 11.0. The summed E-state index contributed by atoms with van der Waals surface area (Å²) in [5.74, 6) is -3.19. The molecule has 0 unspecified atom stereocenters. The molecule has 1 fully saturated rings. The van der Waals surface area contributed by atoms with Gasteiger partial charge in [-0.25, -0.2) is 13.3 Å². The van der Waals surface area contributed by atoms with Gasteiger partial charge in [0.2, 0.25) is 5.13 Å². The Labute approximate surface area is 203 Å². The van der Waals surface area contributed by atoms with E-state index in [1.807, 2.05) is 32.0 Å². The van der Waals surface area contributed by atoms with E-state index < -0.39 is 18.6 Å². The monoisotopic (exact) mass is 496 g/mol. The molecule has 0 bridgehead atoms. The van der Waals surface area contributed by atoms with Gasteiger partial charge >= 0.3 is 0 Å². The van der Waals surface area contributed by atoms with Crippen LogP contribution in [-0.4, -0.2) is 61.1 Å². The number of pyridine rings is 1. The van der Waals surface area contributed by atoms with E-state index in [-0.39, 0.29) is 19.0 Å². The summed E-state index contributed by atoms with van der Waals surface area (Å²) in [6, 6.07) is 9.60. The lowest BCUT2D eigenvalue weighted by molar-refractivity contribution is -0.113. The molecule has 0 aromatic carbocycles. The average Bonchev–Trinajstić information content (AvgIpc) is 3.47. The van der Waals surface area contributed by atoms with E-state index >= 15 is 0 Å². The maximum Gasteiger partial charge on any atom is 0.290 e. The van der Waals surface area contributed by atoms with Gasteiger partial charge < -0.3 is 15.3 Å². The van der Waals surface area contributed by atoms with Crippen molar-refractivity contribution in [2.75, 3.05) is 23.3 Å². The zero-order valence-electron chi connectivity index (χ0n) is 19.0. The van der Waals surface area contributed by atoms with E-state index in [1.165, 1.54) is 22.4 Å². The Balaban J connectivity index is 1.50. The van der Waals surface area contributed by atoms with Crippen LogP contribution in [0.1, 0.15) is 25.8 Å². The summed E-state index contributed by atoms with van der Waals surface area (Å²) in [5.41, 5.74) is 4.16. The van der Waals surface area contributed by atoms with Crippen LogP contribution in [0.4, 0.5) is 19.6 Å². The summed E-state index contributed by atoms with van der Waals surface area (Å²) in [7, 11) is 0. The summed E-state index contributed by atoms with van der Waals surface area (Å²) in [6.45, 7) is 3.70. The first kappa shape index (κ1) is 23.1. The number of piperidine rings is 1. The highest BCUT2D eigenvalue weighted by molar-refractivity contribution is 7.18. The summed E-state index contributed by atoms with van der Waals surface area (Å²) in [6.07, 6.45) is 1.51. The average molecular weight is 497 g/mol. The van der Waals surface area contributed by atoms with Gasteiger partial charge in [0.1, 0.15) is 12.2 Å². The number of hydrogen-bond acceptors (Lipinski definition) is 9. The lowest BCUT2D eigenvalue weighted by Gasteiger charge is -2.35. The Hall–Kier alpha value is -3.69. The van der Waals surface area contributed by atoms with Crippen LogP contribution in [0.2, 0.25) is 0 Å². The predicted molar refractivity (Wildman–Crippen MR) is 129 cm³/mol. The van der Waals surface area contributed by atoms with Gasteiger partial charge in [-0.1, -0.05) is 11.3 Å². The molecule has 0 radical (unpaired) electrons. The van der Waals surface area contributed by atoms with Crippen molar-refractivity contribution in [2.24, 2.45) is 0 Å². The number of alkyl halides is 2. The molecule has 4 aromatic heterocycles. The Morgan fingerprint density at radius 3 is 2.83 bits per heavy atom. The summed E-state index contributed by atoms with van der Waals surface area (Å²) in [4.78, 5) is 6.08. The molecule has 0 amide bonds. The number of aromatic nitrogens is 5. The molecule has 1 atom stereocenters. The van der Waals surface area contributed by atoms with Crippen molar-refractivity contribution in [1.29, 1.82) is 5.26 Å². The number of nitrogens with zero attached hydrogens (tertiary/aromatic N) is 7. The van der Waals surface area contributed by atoms with Gasteiger partial charge in [-0.05, 0) is 44.5 Å². The second kappa shape index (κ2) is 8.83. The van der Waals surface area contributed by atoms with E-state index in [4.69, 9.17) is 5.26 Å². The molecule has 1 saturated heterocycles. The smallest absolute Gasteiger partial charge is 0.290 e. The fourth-order valence-electron chi connectivity index (χ4n) is 3.99. The van der Waals surface area contributed by atoms with Crippen LogP contribution in [0.25, 0.3) is 27.5 Å². The third kappa shape index (κ3) is 4.40. The van der Waals surface area contributed by atoms with E-state index in [0.717, 1.165) is 16.9 Å². The highest BCUT2D eigenvalue weighted by Crippen LogP contribution is 2.38. The largest absolute Gasteiger partial charge is 0.387 e. The fourth-order valence-corrected chi connectivity index (χ4v) is 4.89. The summed E-state index contributed by atoms with van der Waals surface area (Å²) < 4.78 is 29.8. The van der Waals surface area contributed by atoms with E-state index in [2.05, 4.69) is 31.7 Å². The Morgan fingerprint density at radius 2 is 2.09 bits per heavy atom. The van der Waals surface area contributed by atoms with E-state index in [9.17, 15) is 13.9 Å². The van der Waals surface area contributed by atoms with Gasteiger partial charge in [0.05, 0.1) is 40.8 Å². The minimum Gasteiger partial charge on any atom is -0.387 e. The van der Waals surface area contributed by atoms with Crippen LogP contribution in [0.3, 0.4) is 0 Å². The lowest BCUT2D eigenvalue weighted by atomic mass is 10.0. The van der Waals surface area contributed by atoms with Gasteiger partial charge in [0.15, 0.2) is 5.01 Å². The van der Waals surface area contributed by atoms with Crippen molar-refractivity contribution in [3.63, 3.8) is 0 Å². The van der Waals surface area contributed by atoms with Crippen LogP contribution >= 0.6 is 11.3 Å². The van der Waals surface area contributed by atoms with Gasteiger partial charge in [-0.2, -0.15) is 10.4 Å². The van der Waals surface area contributed by atoms with Gasteiger partial charge in [0, 0.05) is 24.5 Å². The third-order valence-electron chi connectivity index (χ3n) is 5.72. The van der Waals surface area contributed by atoms with Crippen molar-refractivity contribution in [2.45, 2.75) is 38.3 Å². The predicted octanol–water partition coefficient (Wildman–Crippen LogP) is 3.81. The maximum absolute atomic E-state index is 14.0. The third-order valence-corrected chi connectivity index (χ3v) is 6.73. The molecule has 9 nitrogen and oxygen atoms in total. The van der Waals surface area contributed by atoms with Crippen molar-refractivity contribution < 1.29 is 13.9 Å². The van der Waals surface area contributed by atoms with Crippen LogP contribution in [0, 0.1) is 11.3 Å². The molecule has 4 aromatic rings. The molecule has 1 aliphatic rings. The lowest BCUT2D eigenvalue weighted by Crippen LogP contribution is -2.51. The van der Waals surface area contributed by atoms with Gasteiger partial charge in [-0.15, -0.1) is 10.2 Å². The first-order valence-corrected chi connectivity index (χ1v) is 11.9. The summed E-state index contributed by atoms with van der Waals surface area (Å²) >= 11 is 1.21. The maximum atomic E-state index is 14.0. The van der Waals surface area contributed by atoms with Gasteiger partial charge in [-0.3, -0.25) is 4.98 Å². The Bertz CT molecular complexity index is 1430. The molecular formula is C23H22F2N8OS. The number of hydrogen-bond donors (Lipinski definition) is 2. The molecule has 5 rings (SSSR count). The Kier molecular flexibility index (Phi) is 5.82. The van der Waals surface area contributed by atoms with Crippen molar-refractivity contribution >= 4 is 27.7 Å². The number of fused-ring (bicyclic) bond motifs is 1. The van der Waals surface area contributed by atoms with Crippen molar-refractivity contribution in [3.8, 4) is 28.0 Å². The van der Waals surface area contributed by atoms with Crippen LogP contribution in [-0.2, 0) is 0 Å². The molecule has 35 heavy (non-hydrogen) atoms. The fraction of sp³-hybridized carbons (Fsp3) is 0.348. The number of rotatable bonds is 5. The van der Waals surface area contributed by atoms with Crippen molar-refractivity contribution in [1.82, 2.24) is 24.8 Å².